The van der Waals surface area contributed by atoms with Gasteiger partial charge in [0.2, 0.25) is 0 Å². The molecule has 0 aliphatic heterocycles. The quantitative estimate of drug-likeness (QED) is 0.759. The van der Waals surface area contributed by atoms with Gasteiger partial charge in [-0.1, -0.05) is 43.9 Å². The van der Waals surface area contributed by atoms with E-state index in [0.717, 1.165) is 5.69 Å². The lowest BCUT2D eigenvalue weighted by molar-refractivity contribution is 0.0953. The Bertz CT molecular complexity index is 727. The summed E-state index contributed by atoms with van der Waals surface area (Å²) >= 11 is 0. The molecule has 0 atom stereocenters. The third-order valence-corrected chi connectivity index (χ3v) is 4.86. The fourth-order valence-electron chi connectivity index (χ4n) is 3.42. The molecule has 0 unspecified atom stereocenters. The molecular weight excluding hydrogens is 329 g/mol. The molecule has 138 valence electrons. The molecule has 1 fully saturated rings. The average Bonchev–Trinajstić information content (AvgIpc) is 2.92. The number of hydrogen-bond donors (Lipinski definition) is 2. The fourth-order valence-corrected chi connectivity index (χ4v) is 3.42. The van der Waals surface area contributed by atoms with E-state index < -0.39 is 0 Å². The Labute approximate surface area is 154 Å². The second kappa shape index (κ2) is 9.32. The molecule has 2 aromatic rings. The Morgan fingerprint density at radius 1 is 1.12 bits per heavy atom. The van der Waals surface area contributed by atoms with Gasteiger partial charge in [0.25, 0.3) is 5.91 Å². The summed E-state index contributed by atoms with van der Waals surface area (Å²) in [6.07, 6.45) is 11.2. The van der Waals surface area contributed by atoms with Crippen LogP contribution in [0.3, 0.4) is 0 Å². The number of nitrogens with zero attached hydrogens (tertiary/aromatic N) is 1. The maximum absolute atomic E-state index is 13.6. The standard InChI is InChI=1S/C21H26FN3O/c22-20-10-6-5-7-16(20)11-12-24-21(26)17-13-19(15-23-14-17)25-18-8-3-1-2-4-9-18/h5-7,10,13-15,18,25H,1-4,8-9,11-12H2,(H,24,26). The molecule has 1 heterocycles. The van der Waals surface area contributed by atoms with Crippen LogP contribution in [0, 0.1) is 5.82 Å². The van der Waals surface area contributed by atoms with E-state index in [1.165, 1.54) is 44.6 Å². The predicted octanol–water partition coefficient (Wildman–Crippen LogP) is 4.33. The minimum atomic E-state index is -0.238. The summed E-state index contributed by atoms with van der Waals surface area (Å²) < 4.78 is 13.6. The summed E-state index contributed by atoms with van der Waals surface area (Å²) in [5.41, 5.74) is 2.02. The van der Waals surface area contributed by atoms with Crippen molar-refractivity contribution in [2.45, 2.75) is 51.0 Å². The number of rotatable bonds is 6. The van der Waals surface area contributed by atoms with E-state index >= 15 is 0 Å². The summed E-state index contributed by atoms with van der Waals surface area (Å²) in [5.74, 6) is -0.420. The number of amides is 1. The van der Waals surface area contributed by atoms with Gasteiger partial charge in [-0.25, -0.2) is 4.39 Å². The highest BCUT2D eigenvalue weighted by atomic mass is 19.1. The molecule has 1 aliphatic carbocycles. The Balaban J connectivity index is 1.53. The van der Waals surface area contributed by atoms with E-state index in [1.807, 2.05) is 6.07 Å². The van der Waals surface area contributed by atoms with Gasteiger partial charge in [-0.15, -0.1) is 0 Å². The zero-order valence-electron chi connectivity index (χ0n) is 15.0. The van der Waals surface area contributed by atoms with Crippen molar-refractivity contribution in [1.82, 2.24) is 10.3 Å². The highest BCUT2D eigenvalue weighted by Crippen LogP contribution is 2.21. The Morgan fingerprint density at radius 2 is 1.88 bits per heavy atom. The largest absolute Gasteiger partial charge is 0.381 e. The Morgan fingerprint density at radius 3 is 2.65 bits per heavy atom. The van der Waals surface area contributed by atoms with Gasteiger partial charge in [0.05, 0.1) is 11.3 Å². The zero-order valence-corrected chi connectivity index (χ0v) is 15.0. The summed E-state index contributed by atoms with van der Waals surface area (Å²) in [6, 6.07) is 8.93. The fraction of sp³-hybridized carbons (Fsp3) is 0.429. The van der Waals surface area contributed by atoms with Gasteiger partial charge < -0.3 is 10.6 Å². The minimum absolute atomic E-state index is 0.182. The lowest BCUT2D eigenvalue weighted by Gasteiger charge is -2.17. The maximum Gasteiger partial charge on any atom is 0.252 e. The van der Waals surface area contributed by atoms with Crippen LogP contribution in [-0.4, -0.2) is 23.5 Å². The highest BCUT2D eigenvalue weighted by molar-refractivity contribution is 5.94. The number of benzene rings is 1. The molecule has 1 amide bonds. The lowest BCUT2D eigenvalue weighted by Crippen LogP contribution is -2.26. The number of carbonyl (C=O) groups is 1. The lowest BCUT2D eigenvalue weighted by atomic mass is 10.1. The van der Waals surface area contributed by atoms with Crippen LogP contribution >= 0.6 is 0 Å². The van der Waals surface area contributed by atoms with Crippen LogP contribution in [0.15, 0.2) is 42.7 Å². The molecule has 0 bridgehead atoms. The van der Waals surface area contributed by atoms with Crippen LogP contribution in [0.1, 0.15) is 54.4 Å². The third kappa shape index (κ3) is 5.28. The van der Waals surface area contributed by atoms with Gasteiger partial charge in [-0.05, 0) is 37.0 Å². The number of aromatic nitrogens is 1. The summed E-state index contributed by atoms with van der Waals surface area (Å²) in [4.78, 5) is 16.5. The van der Waals surface area contributed by atoms with E-state index in [1.54, 1.807) is 30.6 Å². The van der Waals surface area contributed by atoms with Crippen LogP contribution in [0.25, 0.3) is 0 Å². The molecule has 0 spiro atoms. The monoisotopic (exact) mass is 355 g/mol. The second-order valence-electron chi connectivity index (χ2n) is 6.89. The van der Waals surface area contributed by atoms with E-state index in [0.29, 0.717) is 30.1 Å². The van der Waals surface area contributed by atoms with Crippen molar-refractivity contribution < 1.29 is 9.18 Å². The molecule has 5 heteroatoms. The van der Waals surface area contributed by atoms with E-state index in [9.17, 15) is 9.18 Å². The summed E-state index contributed by atoms with van der Waals surface area (Å²) in [5, 5.41) is 6.36. The average molecular weight is 355 g/mol. The van der Waals surface area contributed by atoms with E-state index in [4.69, 9.17) is 0 Å². The van der Waals surface area contributed by atoms with E-state index in [2.05, 4.69) is 15.6 Å². The molecule has 4 nitrogen and oxygen atoms in total. The normalized spacial score (nSPS) is 15.3. The van der Waals surface area contributed by atoms with E-state index in [-0.39, 0.29) is 11.7 Å². The first-order chi connectivity index (χ1) is 12.7. The van der Waals surface area contributed by atoms with Crippen LogP contribution in [-0.2, 0) is 6.42 Å². The van der Waals surface area contributed by atoms with Crippen LogP contribution in [0.2, 0.25) is 0 Å². The Hall–Kier alpha value is -2.43. The van der Waals surface area contributed by atoms with Crippen molar-refractivity contribution >= 4 is 11.6 Å². The molecule has 0 saturated heterocycles. The molecule has 1 aromatic heterocycles. The van der Waals surface area contributed by atoms with Crippen molar-refractivity contribution in [3.05, 3.63) is 59.7 Å². The maximum atomic E-state index is 13.6. The highest BCUT2D eigenvalue weighted by Gasteiger charge is 2.13. The molecule has 3 rings (SSSR count). The molecule has 2 N–H and O–H groups in total. The zero-order chi connectivity index (χ0) is 18.2. The number of carbonyl (C=O) groups excluding carboxylic acids is 1. The van der Waals surface area contributed by atoms with Crippen molar-refractivity contribution in [3.63, 3.8) is 0 Å². The predicted molar refractivity (Wildman–Crippen MR) is 102 cm³/mol. The third-order valence-electron chi connectivity index (χ3n) is 4.86. The number of halogens is 1. The first-order valence-electron chi connectivity index (χ1n) is 9.45. The number of nitrogens with one attached hydrogen (secondary N) is 2. The van der Waals surface area contributed by atoms with Crippen molar-refractivity contribution in [3.8, 4) is 0 Å². The summed E-state index contributed by atoms with van der Waals surface area (Å²) in [6.45, 7) is 0.389. The van der Waals surface area contributed by atoms with Crippen LogP contribution < -0.4 is 10.6 Å². The smallest absolute Gasteiger partial charge is 0.252 e. The van der Waals surface area contributed by atoms with Gasteiger partial charge in [-0.2, -0.15) is 0 Å². The molecule has 1 saturated carbocycles. The van der Waals surface area contributed by atoms with Crippen molar-refractivity contribution in [2.75, 3.05) is 11.9 Å². The number of hydrogen-bond acceptors (Lipinski definition) is 3. The van der Waals surface area contributed by atoms with Gasteiger partial charge >= 0.3 is 0 Å². The second-order valence-corrected chi connectivity index (χ2v) is 6.89. The topological polar surface area (TPSA) is 54.0 Å². The first-order valence-corrected chi connectivity index (χ1v) is 9.45. The molecule has 1 aromatic carbocycles. The SMILES string of the molecule is O=C(NCCc1ccccc1F)c1cncc(NC2CCCCCC2)c1. The first kappa shape index (κ1) is 18.4. The van der Waals surface area contributed by atoms with Crippen molar-refractivity contribution in [2.24, 2.45) is 0 Å². The molecule has 0 radical (unpaired) electrons. The van der Waals surface area contributed by atoms with Crippen molar-refractivity contribution in [1.29, 1.82) is 0 Å². The van der Waals surface area contributed by atoms with Gasteiger partial charge in [-0.3, -0.25) is 9.78 Å². The molecule has 26 heavy (non-hydrogen) atoms. The number of anilines is 1. The van der Waals surface area contributed by atoms with Gasteiger partial charge in [0.15, 0.2) is 0 Å². The summed E-state index contributed by atoms with van der Waals surface area (Å²) in [7, 11) is 0. The van der Waals surface area contributed by atoms with Gasteiger partial charge in [0, 0.05) is 25.0 Å². The van der Waals surface area contributed by atoms with Gasteiger partial charge in [0.1, 0.15) is 5.82 Å². The molecule has 1 aliphatic rings. The van der Waals surface area contributed by atoms with Crippen LogP contribution in [0.4, 0.5) is 10.1 Å². The Kier molecular flexibility index (Phi) is 6.58. The molecular formula is C21H26FN3O. The minimum Gasteiger partial charge on any atom is -0.381 e. The van der Waals surface area contributed by atoms with Crippen LogP contribution in [0.5, 0.6) is 0 Å². The number of pyridine rings is 1.